The van der Waals surface area contributed by atoms with Crippen molar-refractivity contribution in [1.29, 1.82) is 0 Å². The zero-order chi connectivity index (χ0) is 11.6. The maximum atomic E-state index is 10.8. The van der Waals surface area contributed by atoms with Crippen LogP contribution in [0.5, 0.6) is 0 Å². The Morgan fingerprint density at radius 1 is 1.20 bits per heavy atom. The van der Waals surface area contributed by atoms with E-state index in [2.05, 4.69) is 5.32 Å². The molecule has 1 aliphatic rings. The molecule has 2 atom stereocenters. The Bertz CT molecular complexity index is 347. The second-order valence-corrected chi connectivity index (χ2v) is 3.02. The SMILES string of the molecule is O=C(O)C1=C[N]CC(C(=O)O)C1C(=O)O. The Hall–Kier alpha value is -2.05. The monoisotopic (exact) mass is 214 g/mol. The summed E-state index contributed by atoms with van der Waals surface area (Å²) in [6, 6.07) is 0. The van der Waals surface area contributed by atoms with Crippen LogP contribution in [0.25, 0.3) is 0 Å². The van der Waals surface area contributed by atoms with E-state index in [4.69, 9.17) is 15.3 Å². The largest absolute Gasteiger partial charge is 0.481 e. The minimum absolute atomic E-state index is 0.219. The van der Waals surface area contributed by atoms with E-state index < -0.39 is 35.3 Å². The lowest BCUT2D eigenvalue weighted by Gasteiger charge is -2.23. The summed E-state index contributed by atoms with van der Waals surface area (Å²) in [6.07, 6.45) is 0.903. The lowest BCUT2D eigenvalue weighted by Crippen LogP contribution is -2.41. The molecule has 1 heterocycles. The molecule has 1 rings (SSSR count). The average molecular weight is 214 g/mol. The van der Waals surface area contributed by atoms with Crippen molar-refractivity contribution in [2.24, 2.45) is 11.8 Å². The summed E-state index contributed by atoms with van der Waals surface area (Å²) < 4.78 is 0. The third-order valence-electron chi connectivity index (χ3n) is 2.10. The first-order valence-electron chi connectivity index (χ1n) is 4.00. The Kier molecular flexibility index (Phi) is 2.93. The van der Waals surface area contributed by atoms with Gasteiger partial charge in [-0.05, 0) is 0 Å². The minimum atomic E-state index is -1.54. The number of hydrogen-bond acceptors (Lipinski definition) is 3. The maximum Gasteiger partial charge on any atom is 0.334 e. The first kappa shape index (κ1) is 11.0. The molecule has 15 heavy (non-hydrogen) atoms. The van der Waals surface area contributed by atoms with Crippen molar-refractivity contribution in [1.82, 2.24) is 5.32 Å². The van der Waals surface area contributed by atoms with Gasteiger partial charge in [-0.3, -0.25) is 14.9 Å². The Labute approximate surface area is 84.0 Å². The first-order chi connectivity index (χ1) is 6.95. The molecule has 81 valence electrons. The molecule has 7 nitrogen and oxygen atoms in total. The van der Waals surface area contributed by atoms with E-state index in [0.29, 0.717) is 0 Å². The van der Waals surface area contributed by atoms with Crippen LogP contribution in [-0.4, -0.2) is 39.8 Å². The number of carboxylic acids is 3. The number of carboxylic acid groups (broad SMARTS) is 3. The number of nitrogens with zero attached hydrogens (tertiary/aromatic N) is 1. The normalized spacial score (nSPS) is 24.9. The van der Waals surface area contributed by atoms with Crippen LogP contribution < -0.4 is 5.32 Å². The maximum absolute atomic E-state index is 10.8. The van der Waals surface area contributed by atoms with Gasteiger partial charge in [-0.1, -0.05) is 0 Å². The van der Waals surface area contributed by atoms with Crippen LogP contribution in [0.1, 0.15) is 0 Å². The summed E-state index contributed by atoms with van der Waals surface area (Å²) in [5, 5.41) is 29.7. The van der Waals surface area contributed by atoms with Crippen LogP contribution in [0.2, 0.25) is 0 Å². The predicted molar refractivity (Wildman–Crippen MR) is 45.0 cm³/mol. The van der Waals surface area contributed by atoms with E-state index >= 15 is 0 Å². The molecule has 0 saturated carbocycles. The van der Waals surface area contributed by atoms with Gasteiger partial charge in [-0.25, -0.2) is 4.79 Å². The van der Waals surface area contributed by atoms with Gasteiger partial charge in [0.15, 0.2) is 0 Å². The number of aliphatic carboxylic acids is 3. The molecule has 0 bridgehead atoms. The van der Waals surface area contributed by atoms with Gasteiger partial charge in [-0.2, -0.15) is 0 Å². The second kappa shape index (κ2) is 3.99. The molecule has 3 N–H and O–H groups in total. The van der Waals surface area contributed by atoms with Gasteiger partial charge in [-0.15, -0.1) is 0 Å². The molecular formula is C8H8NO6. The molecule has 7 heteroatoms. The summed E-state index contributed by atoms with van der Waals surface area (Å²) in [6.45, 7) is -0.219. The highest BCUT2D eigenvalue weighted by Crippen LogP contribution is 2.25. The average Bonchev–Trinajstić information content (AvgIpc) is 2.16. The molecule has 0 saturated heterocycles. The van der Waals surface area contributed by atoms with Crippen LogP contribution in [0.3, 0.4) is 0 Å². The molecule has 1 radical (unpaired) electrons. The summed E-state index contributed by atoms with van der Waals surface area (Å²) in [5.74, 6) is -7.16. The molecule has 0 fully saturated rings. The molecule has 1 aliphatic heterocycles. The quantitative estimate of drug-likeness (QED) is 0.551. The van der Waals surface area contributed by atoms with E-state index in [-0.39, 0.29) is 6.54 Å². The zero-order valence-electron chi connectivity index (χ0n) is 7.45. The second-order valence-electron chi connectivity index (χ2n) is 3.02. The van der Waals surface area contributed by atoms with E-state index in [1.165, 1.54) is 0 Å². The highest BCUT2D eigenvalue weighted by atomic mass is 16.4. The highest BCUT2D eigenvalue weighted by molar-refractivity contribution is 5.96. The van der Waals surface area contributed by atoms with E-state index in [1.54, 1.807) is 0 Å². The molecule has 0 aromatic heterocycles. The third-order valence-corrected chi connectivity index (χ3v) is 2.10. The van der Waals surface area contributed by atoms with Gasteiger partial charge in [0.1, 0.15) is 5.92 Å². The lowest BCUT2D eigenvalue weighted by molar-refractivity contribution is -0.153. The van der Waals surface area contributed by atoms with Gasteiger partial charge in [0, 0.05) is 6.20 Å². The Morgan fingerprint density at radius 3 is 2.20 bits per heavy atom. The van der Waals surface area contributed by atoms with Crippen LogP contribution in [0.15, 0.2) is 11.8 Å². The smallest absolute Gasteiger partial charge is 0.334 e. The van der Waals surface area contributed by atoms with Gasteiger partial charge < -0.3 is 15.3 Å². The van der Waals surface area contributed by atoms with Gasteiger partial charge in [0.05, 0.1) is 18.0 Å². The molecule has 0 amide bonds. The van der Waals surface area contributed by atoms with Gasteiger partial charge >= 0.3 is 17.9 Å². The fraction of sp³-hybridized carbons (Fsp3) is 0.375. The molecule has 0 aliphatic carbocycles. The van der Waals surface area contributed by atoms with Gasteiger partial charge in [0.25, 0.3) is 0 Å². The first-order valence-corrected chi connectivity index (χ1v) is 4.00. The zero-order valence-corrected chi connectivity index (χ0v) is 7.45. The van der Waals surface area contributed by atoms with Gasteiger partial charge in [0.2, 0.25) is 0 Å². The number of rotatable bonds is 3. The van der Waals surface area contributed by atoms with Crippen molar-refractivity contribution >= 4 is 17.9 Å². The van der Waals surface area contributed by atoms with Crippen molar-refractivity contribution in [3.63, 3.8) is 0 Å². The van der Waals surface area contributed by atoms with Crippen LogP contribution >= 0.6 is 0 Å². The standard InChI is InChI=1S/C8H8NO6/c10-6(11)3-1-9-2-4(7(12)13)5(3)8(14)15/h1,4-5H,2H2,(H,10,11)(H,12,13)(H,14,15). The summed E-state index contributed by atoms with van der Waals surface area (Å²) in [4.78, 5) is 32.1. The Morgan fingerprint density at radius 2 is 1.80 bits per heavy atom. The topological polar surface area (TPSA) is 126 Å². The van der Waals surface area contributed by atoms with Crippen molar-refractivity contribution in [2.75, 3.05) is 6.54 Å². The fourth-order valence-electron chi connectivity index (χ4n) is 1.38. The van der Waals surface area contributed by atoms with Crippen molar-refractivity contribution in [3.8, 4) is 0 Å². The predicted octanol–water partition coefficient (Wildman–Crippen LogP) is -1.03. The minimum Gasteiger partial charge on any atom is -0.481 e. The van der Waals surface area contributed by atoms with Crippen molar-refractivity contribution < 1.29 is 29.7 Å². The number of hydrogen-bond donors (Lipinski definition) is 3. The molecule has 0 spiro atoms. The van der Waals surface area contributed by atoms with E-state index in [9.17, 15) is 14.4 Å². The van der Waals surface area contributed by atoms with Crippen LogP contribution in [-0.2, 0) is 14.4 Å². The van der Waals surface area contributed by atoms with Crippen LogP contribution in [0.4, 0.5) is 0 Å². The number of carbonyl (C=O) groups is 3. The molecule has 2 unspecified atom stereocenters. The molecular weight excluding hydrogens is 206 g/mol. The van der Waals surface area contributed by atoms with E-state index in [1.807, 2.05) is 0 Å². The Balaban J connectivity index is 3.08. The van der Waals surface area contributed by atoms with Crippen molar-refractivity contribution in [2.45, 2.75) is 0 Å². The summed E-state index contributed by atoms with van der Waals surface area (Å²) in [7, 11) is 0. The van der Waals surface area contributed by atoms with E-state index in [0.717, 1.165) is 6.20 Å². The molecule has 0 aromatic carbocycles. The summed E-state index contributed by atoms with van der Waals surface area (Å²) >= 11 is 0. The third kappa shape index (κ3) is 2.06. The van der Waals surface area contributed by atoms with Crippen molar-refractivity contribution in [3.05, 3.63) is 11.8 Å². The summed E-state index contributed by atoms with van der Waals surface area (Å²) in [5.41, 5.74) is -0.499. The molecule has 0 aromatic rings. The fourth-order valence-corrected chi connectivity index (χ4v) is 1.38. The highest BCUT2D eigenvalue weighted by Gasteiger charge is 2.41. The van der Waals surface area contributed by atoms with Crippen LogP contribution in [0, 0.1) is 11.8 Å². The lowest BCUT2D eigenvalue weighted by atomic mass is 9.84.